The van der Waals surface area contributed by atoms with Gasteiger partial charge in [0.05, 0.1) is 13.0 Å². The number of aromatic nitrogens is 3. The Morgan fingerprint density at radius 1 is 1.05 bits per heavy atom. The summed E-state index contributed by atoms with van der Waals surface area (Å²) in [5.41, 5.74) is 0. The van der Waals surface area contributed by atoms with Crippen molar-refractivity contribution in [2.24, 2.45) is 0 Å². The minimum absolute atomic E-state index is 0.0168. The van der Waals surface area contributed by atoms with Gasteiger partial charge in [0.15, 0.2) is 0 Å². The smallest absolute Gasteiger partial charge is 0.392 e. The molecule has 0 saturated heterocycles. The quantitative estimate of drug-likeness (QED) is 0.794. The highest BCUT2D eigenvalue weighted by Gasteiger charge is 2.27. The van der Waals surface area contributed by atoms with Crippen LogP contribution in [0, 0.1) is 0 Å². The maximum atomic E-state index is 12.0. The fourth-order valence-electron chi connectivity index (χ4n) is 1.17. The zero-order valence-electron chi connectivity index (χ0n) is 11.3. The molecule has 0 fully saturated rings. The summed E-state index contributed by atoms with van der Waals surface area (Å²) in [7, 11) is 0. The maximum absolute atomic E-state index is 12.0. The predicted octanol–water partition coefficient (Wildman–Crippen LogP) is 2.42. The van der Waals surface area contributed by atoms with E-state index in [9.17, 15) is 13.2 Å². The first kappa shape index (κ1) is 16.3. The topological polar surface area (TPSA) is 69.2 Å². The van der Waals surface area contributed by atoms with Crippen LogP contribution in [0.15, 0.2) is 0 Å². The molecule has 0 amide bonds. The summed E-state index contributed by atoms with van der Waals surface area (Å²) >= 11 is 0. The highest BCUT2D eigenvalue weighted by Crippen LogP contribution is 2.20. The van der Waals surface area contributed by atoms with Gasteiger partial charge in [0.25, 0.3) is 0 Å². The van der Waals surface area contributed by atoms with E-state index in [-0.39, 0.29) is 18.0 Å². The van der Waals surface area contributed by atoms with Crippen LogP contribution in [0.5, 0.6) is 12.0 Å². The molecule has 0 unspecified atom stereocenters. The van der Waals surface area contributed by atoms with Crippen LogP contribution in [0.2, 0.25) is 0 Å². The number of alkyl halides is 3. The Labute approximate surface area is 114 Å². The van der Waals surface area contributed by atoms with Crippen molar-refractivity contribution in [3.63, 3.8) is 0 Å². The Morgan fingerprint density at radius 3 is 2.25 bits per heavy atom. The number of halogens is 3. The largest absolute Gasteiger partial charge is 0.464 e. The normalized spacial score (nSPS) is 11.2. The molecule has 0 bridgehead atoms. The van der Waals surface area contributed by atoms with Crippen LogP contribution in [-0.2, 0) is 0 Å². The highest BCUT2D eigenvalue weighted by atomic mass is 19.4. The van der Waals surface area contributed by atoms with Gasteiger partial charge in [-0.1, -0.05) is 6.92 Å². The summed E-state index contributed by atoms with van der Waals surface area (Å²) < 4.78 is 46.1. The van der Waals surface area contributed by atoms with Crippen molar-refractivity contribution in [1.82, 2.24) is 15.0 Å². The minimum atomic E-state index is -4.28. The van der Waals surface area contributed by atoms with Crippen LogP contribution >= 0.6 is 0 Å². The fourth-order valence-corrected chi connectivity index (χ4v) is 1.17. The Balaban J connectivity index is 2.69. The first-order valence-corrected chi connectivity index (χ1v) is 6.27. The zero-order chi connectivity index (χ0) is 15.0. The van der Waals surface area contributed by atoms with Crippen molar-refractivity contribution in [3.8, 4) is 12.0 Å². The summed E-state index contributed by atoms with van der Waals surface area (Å²) in [5.74, 6) is 0.215. The number of hydrogen-bond acceptors (Lipinski definition) is 6. The summed E-state index contributed by atoms with van der Waals surface area (Å²) in [5, 5.41) is 2.90. The Hall–Kier alpha value is -1.80. The third-order valence-corrected chi connectivity index (χ3v) is 2.02. The van der Waals surface area contributed by atoms with Gasteiger partial charge in [0, 0.05) is 6.54 Å². The molecule has 0 aliphatic heterocycles. The Kier molecular flexibility index (Phi) is 6.26. The van der Waals surface area contributed by atoms with Crippen LogP contribution < -0.4 is 14.8 Å². The van der Waals surface area contributed by atoms with Gasteiger partial charge in [-0.3, -0.25) is 0 Å². The molecule has 0 saturated carbocycles. The number of nitrogens with one attached hydrogen (secondary N) is 1. The van der Waals surface area contributed by atoms with Gasteiger partial charge in [-0.25, -0.2) is 0 Å². The van der Waals surface area contributed by atoms with Crippen LogP contribution in [0.4, 0.5) is 19.1 Å². The van der Waals surface area contributed by atoms with E-state index in [0.29, 0.717) is 13.2 Å². The SMILES string of the molecule is CCCNc1nc(OCC)nc(OCCC(F)(F)F)n1. The van der Waals surface area contributed by atoms with Crippen molar-refractivity contribution in [3.05, 3.63) is 0 Å². The van der Waals surface area contributed by atoms with E-state index in [1.807, 2.05) is 6.92 Å². The minimum Gasteiger partial charge on any atom is -0.464 e. The molecule has 20 heavy (non-hydrogen) atoms. The predicted molar refractivity (Wildman–Crippen MR) is 65.9 cm³/mol. The van der Waals surface area contributed by atoms with Crippen molar-refractivity contribution in [2.45, 2.75) is 32.9 Å². The number of rotatable bonds is 8. The second kappa shape index (κ2) is 7.71. The lowest BCUT2D eigenvalue weighted by atomic mass is 10.4. The van der Waals surface area contributed by atoms with Crippen molar-refractivity contribution < 1.29 is 22.6 Å². The molecular weight excluding hydrogens is 277 g/mol. The number of nitrogens with zero attached hydrogens (tertiary/aromatic N) is 3. The number of ether oxygens (including phenoxy) is 2. The summed E-state index contributed by atoms with van der Waals surface area (Å²) in [6.45, 7) is 4.11. The third-order valence-electron chi connectivity index (χ3n) is 2.02. The van der Waals surface area contributed by atoms with E-state index in [4.69, 9.17) is 9.47 Å². The molecule has 0 aromatic carbocycles. The molecule has 6 nitrogen and oxygen atoms in total. The average Bonchev–Trinajstić information content (AvgIpc) is 2.35. The van der Waals surface area contributed by atoms with Gasteiger partial charge in [-0.2, -0.15) is 23.1 Å². The molecule has 1 aromatic rings. The lowest BCUT2D eigenvalue weighted by molar-refractivity contribution is -0.139. The molecule has 1 N–H and O–H groups in total. The molecule has 0 aliphatic carbocycles. The monoisotopic (exact) mass is 294 g/mol. The van der Waals surface area contributed by atoms with E-state index in [2.05, 4.69) is 20.3 Å². The Morgan fingerprint density at radius 2 is 1.70 bits per heavy atom. The summed E-state index contributed by atoms with van der Waals surface area (Å²) in [6.07, 6.45) is -4.50. The lowest BCUT2D eigenvalue weighted by Gasteiger charge is -2.10. The maximum Gasteiger partial charge on any atom is 0.392 e. The molecule has 9 heteroatoms. The summed E-state index contributed by atoms with van der Waals surface area (Å²) in [4.78, 5) is 11.6. The van der Waals surface area contributed by atoms with E-state index < -0.39 is 19.2 Å². The molecular formula is C11H17F3N4O2. The standard InChI is InChI=1S/C11H17F3N4O2/c1-3-6-15-8-16-9(19-4-2)18-10(17-8)20-7-5-11(12,13)14/h3-7H2,1-2H3,(H,15,16,17,18). The molecule has 1 heterocycles. The molecule has 0 radical (unpaired) electrons. The first-order valence-electron chi connectivity index (χ1n) is 6.27. The van der Waals surface area contributed by atoms with E-state index in [0.717, 1.165) is 6.42 Å². The van der Waals surface area contributed by atoms with Crippen LogP contribution in [0.25, 0.3) is 0 Å². The van der Waals surface area contributed by atoms with Gasteiger partial charge >= 0.3 is 18.2 Å². The van der Waals surface area contributed by atoms with E-state index in [1.54, 1.807) is 6.92 Å². The summed E-state index contributed by atoms with van der Waals surface area (Å²) in [6, 6.07) is -0.172. The van der Waals surface area contributed by atoms with Gasteiger partial charge in [0.1, 0.15) is 6.61 Å². The average molecular weight is 294 g/mol. The second-order valence-corrected chi connectivity index (χ2v) is 3.80. The van der Waals surface area contributed by atoms with E-state index >= 15 is 0 Å². The first-order chi connectivity index (χ1) is 9.44. The molecule has 1 rings (SSSR count). The zero-order valence-corrected chi connectivity index (χ0v) is 11.3. The van der Waals surface area contributed by atoms with Crippen LogP contribution in [0.3, 0.4) is 0 Å². The molecule has 0 atom stereocenters. The van der Waals surface area contributed by atoms with Crippen molar-refractivity contribution in [1.29, 1.82) is 0 Å². The fraction of sp³-hybridized carbons (Fsp3) is 0.727. The highest BCUT2D eigenvalue weighted by molar-refractivity contribution is 5.27. The van der Waals surface area contributed by atoms with Crippen molar-refractivity contribution >= 4 is 5.95 Å². The molecule has 0 spiro atoms. The third kappa shape index (κ3) is 6.39. The van der Waals surface area contributed by atoms with Gasteiger partial charge < -0.3 is 14.8 Å². The lowest BCUT2D eigenvalue weighted by Crippen LogP contribution is -2.15. The second-order valence-electron chi connectivity index (χ2n) is 3.80. The van der Waals surface area contributed by atoms with Crippen LogP contribution in [0.1, 0.15) is 26.7 Å². The molecule has 114 valence electrons. The Bertz CT molecular complexity index is 415. The number of hydrogen-bond donors (Lipinski definition) is 1. The van der Waals surface area contributed by atoms with Gasteiger partial charge in [-0.05, 0) is 13.3 Å². The molecule has 1 aromatic heterocycles. The molecule has 0 aliphatic rings. The van der Waals surface area contributed by atoms with Gasteiger partial charge in [-0.15, -0.1) is 4.98 Å². The number of anilines is 1. The van der Waals surface area contributed by atoms with Crippen LogP contribution in [-0.4, -0.2) is 40.9 Å². The van der Waals surface area contributed by atoms with Crippen molar-refractivity contribution in [2.75, 3.05) is 25.1 Å². The van der Waals surface area contributed by atoms with Gasteiger partial charge in [0.2, 0.25) is 5.95 Å². The van der Waals surface area contributed by atoms with E-state index in [1.165, 1.54) is 0 Å².